The lowest BCUT2D eigenvalue weighted by Crippen LogP contribution is -2.31. The van der Waals surface area contributed by atoms with Crippen LogP contribution in [0.1, 0.15) is 47.4 Å². The molecule has 1 aliphatic heterocycles. The summed E-state index contributed by atoms with van der Waals surface area (Å²) in [6.07, 6.45) is -1.89. The first-order valence-corrected chi connectivity index (χ1v) is 15.2. The Hall–Kier alpha value is -3.69. The molecule has 2 aromatic heterocycles. The van der Waals surface area contributed by atoms with Gasteiger partial charge in [-0.1, -0.05) is 44.2 Å². The number of para-hydroxylation sites is 1. The number of hydrogen-bond acceptors (Lipinski definition) is 4. The third-order valence-electron chi connectivity index (χ3n) is 7.98. The van der Waals surface area contributed by atoms with E-state index in [9.17, 15) is 13.2 Å². The first-order chi connectivity index (χ1) is 20.6. The van der Waals surface area contributed by atoms with Crippen molar-refractivity contribution in [2.45, 2.75) is 52.2 Å². The quantitative estimate of drug-likeness (QED) is 0.175. The third kappa shape index (κ3) is 5.93. The van der Waals surface area contributed by atoms with Gasteiger partial charge in [0.1, 0.15) is 11.4 Å². The van der Waals surface area contributed by atoms with E-state index in [4.69, 9.17) is 9.84 Å². The second kappa shape index (κ2) is 11.8. The topological polar surface area (TPSA) is 46.1 Å². The first kappa shape index (κ1) is 29.4. The van der Waals surface area contributed by atoms with Crippen LogP contribution in [0.4, 0.5) is 13.2 Å². The second-order valence-corrected chi connectivity index (χ2v) is 12.0. The number of benzene rings is 3. The highest BCUT2D eigenvalue weighted by Crippen LogP contribution is 2.39. The van der Waals surface area contributed by atoms with E-state index in [0.29, 0.717) is 37.6 Å². The highest BCUT2D eigenvalue weighted by Gasteiger charge is 2.35. The molecular weight excluding hydrogens is 569 g/mol. The molecule has 0 fully saturated rings. The van der Waals surface area contributed by atoms with Crippen LogP contribution in [0.2, 0.25) is 0 Å². The first-order valence-electron chi connectivity index (χ1n) is 14.6. The Bertz CT molecular complexity index is 1770. The van der Waals surface area contributed by atoms with Crippen molar-refractivity contribution in [3.8, 4) is 22.7 Å². The van der Waals surface area contributed by atoms with Gasteiger partial charge in [-0.2, -0.15) is 30.9 Å². The molecule has 1 aliphatic rings. The molecule has 9 heteroatoms. The molecule has 43 heavy (non-hydrogen) atoms. The molecule has 0 saturated carbocycles. The summed E-state index contributed by atoms with van der Waals surface area (Å²) in [5, 5.41) is 6.22. The molecule has 3 heterocycles. The Labute approximate surface area is 255 Å². The van der Waals surface area contributed by atoms with E-state index in [1.54, 1.807) is 12.1 Å². The number of aromatic amines is 1. The van der Waals surface area contributed by atoms with Crippen molar-refractivity contribution in [3.05, 3.63) is 100 Å². The molecular formula is C34H35F3N4OS. The molecule has 0 unspecified atom stereocenters. The van der Waals surface area contributed by atoms with Gasteiger partial charge in [-0.25, -0.2) is 4.68 Å². The smallest absolute Gasteiger partial charge is 0.416 e. The summed E-state index contributed by atoms with van der Waals surface area (Å²) < 4.78 is 50.4. The maximum absolute atomic E-state index is 14.1. The van der Waals surface area contributed by atoms with E-state index >= 15 is 0 Å². The van der Waals surface area contributed by atoms with Crippen LogP contribution in [0.5, 0.6) is 5.75 Å². The molecule has 3 aromatic carbocycles. The number of thiol groups is 1. The van der Waals surface area contributed by atoms with Crippen molar-refractivity contribution in [2.75, 3.05) is 13.2 Å². The van der Waals surface area contributed by atoms with Gasteiger partial charge < -0.3 is 9.72 Å². The number of fused-ring (bicyclic) bond motifs is 2. The Morgan fingerprint density at radius 2 is 1.91 bits per heavy atom. The monoisotopic (exact) mass is 604 g/mol. The van der Waals surface area contributed by atoms with Gasteiger partial charge in [-0.15, -0.1) is 0 Å². The van der Waals surface area contributed by atoms with Crippen molar-refractivity contribution in [1.29, 1.82) is 0 Å². The lowest BCUT2D eigenvalue weighted by molar-refractivity contribution is -0.138. The van der Waals surface area contributed by atoms with Crippen LogP contribution in [0.25, 0.3) is 27.8 Å². The fraction of sp³-hybridized carbons (Fsp3) is 0.324. The Balaban J connectivity index is 1.45. The zero-order valence-electron chi connectivity index (χ0n) is 24.5. The van der Waals surface area contributed by atoms with Crippen LogP contribution < -0.4 is 4.74 Å². The lowest BCUT2D eigenvalue weighted by atomic mass is 9.98. The molecule has 1 N–H and O–H groups in total. The van der Waals surface area contributed by atoms with E-state index in [1.165, 1.54) is 6.07 Å². The largest absolute Gasteiger partial charge is 0.491 e. The van der Waals surface area contributed by atoms with Crippen LogP contribution >= 0.6 is 12.6 Å². The normalized spacial score (nSPS) is 14.0. The molecule has 0 amide bonds. The van der Waals surface area contributed by atoms with E-state index in [1.807, 2.05) is 29.1 Å². The van der Waals surface area contributed by atoms with Gasteiger partial charge in [0.05, 0.1) is 23.6 Å². The van der Waals surface area contributed by atoms with E-state index < -0.39 is 11.7 Å². The molecule has 0 saturated heterocycles. The van der Waals surface area contributed by atoms with Gasteiger partial charge in [0.2, 0.25) is 0 Å². The SMILES string of the molecule is Cc1cccc(OCC(C)C)c1-n1nc2c(c1-c1ccc3[nH]ccc3c1)CN(Cc1ccc(CS)cc1C(F)(F)F)CC2. The van der Waals surface area contributed by atoms with Crippen molar-refractivity contribution >= 4 is 23.5 Å². The summed E-state index contributed by atoms with van der Waals surface area (Å²) in [6.45, 7) is 8.14. The van der Waals surface area contributed by atoms with E-state index in [0.717, 1.165) is 50.4 Å². The average molecular weight is 605 g/mol. The maximum atomic E-state index is 14.1. The van der Waals surface area contributed by atoms with Gasteiger partial charge in [-0.05, 0) is 59.9 Å². The van der Waals surface area contributed by atoms with Crippen molar-refractivity contribution in [3.63, 3.8) is 0 Å². The number of aromatic nitrogens is 3. The van der Waals surface area contributed by atoms with Gasteiger partial charge >= 0.3 is 6.18 Å². The Kier molecular flexibility index (Phi) is 8.04. The predicted molar refractivity (Wildman–Crippen MR) is 168 cm³/mol. The molecule has 5 aromatic rings. The van der Waals surface area contributed by atoms with Crippen LogP contribution in [0.3, 0.4) is 0 Å². The Morgan fingerprint density at radius 1 is 1.07 bits per heavy atom. The molecule has 0 spiro atoms. The molecule has 0 radical (unpaired) electrons. The number of nitrogens with zero attached hydrogens (tertiary/aromatic N) is 3. The second-order valence-electron chi connectivity index (χ2n) is 11.7. The number of nitrogens with one attached hydrogen (secondary N) is 1. The highest BCUT2D eigenvalue weighted by molar-refractivity contribution is 7.79. The van der Waals surface area contributed by atoms with E-state index in [-0.39, 0.29) is 17.9 Å². The average Bonchev–Trinajstić information content (AvgIpc) is 3.59. The Morgan fingerprint density at radius 3 is 2.67 bits per heavy atom. The summed E-state index contributed by atoms with van der Waals surface area (Å²) >= 11 is 4.19. The summed E-state index contributed by atoms with van der Waals surface area (Å²) in [5.74, 6) is 1.37. The standard InChI is InChI=1S/C34H35F3N4OS/c1-21(2)19-42-31-6-4-5-22(3)32(31)41-33(25-9-10-29-24(16-25)11-13-38-29)27-18-40(14-12-30(27)39-41)17-26-8-7-23(20-43)15-28(26)34(35,36)37/h4-11,13,15-16,21,38,43H,12,14,17-20H2,1-3H3. The number of H-pyrrole nitrogens is 1. The van der Waals surface area contributed by atoms with Gasteiger partial charge in [0, 0.05) is 60.0 Å². The van der Waals surface area contributed by atoms with Gasteiger partial charge in [-0.3, -0.25) is 4.90 Å². The minimum Gasteiger partial charge on any atom is -0.491 e. The fourth-order valence-electron chi connectivity index (χ4n) is 5.86. The molecule has 224 valence electrons. The predicted octanol–water partition coefficient (Wildman–Crippen LogP) is 8.37. The summed E-state index contributed by atoms with van der Waals surface area (Å²) in [5.41, 5.74) is 7.10. The molecule has 0 atom stereocenters. The van der Waals surface area contributed by atoms with Crippen LogP contribution in [-0.2, 0) is 31.4 Å². The maximum Gasteiger partial charge on any atom is 0.416 e. The summed E-state index contributed by atoms with van der Waals surface area (Å²) in [6, 6.07) is 18.9. The number of aryl methyl sites for hydroxylation is 1. The number of halogens is 3. The van der Waals surface area contributed by atoms with Crippen molar-refractivity contribution in [2.24, 2.45) is 5.92 Å². The molecule has 6 rings (SSSR count). The third-order valence-corrected chi connectivity index (χ3v) is 8.35. The number of ether oxygens (including phenoxy) is 1. The molecule has 0 bridgehead atoms. The van der Waals surface area contributed by atoms with Crippen molar-refractivity contribution in [1.82, 2.24) is 19.7 Å². The summed E-state index contributed by atoms with van der Waals surface area (Å²) in [7, 11) is 0. The summed E-state index contributed by atoms with van der Waals surface area (Å²) in [4.78, 5) is 5.35. The number of hydrogen-bond donors (Lipinski definition) is 2. The van der Waals surface area contributed by atoms with Crippen LogP contribution in [0, 0.1) is 12.8 Å². The van der Waals surface area contributed by atoms with Gasteiger partial charge in [0.25, 0.3) is 0 Å². The lowest BCUT2D eigenvalue weighted by Gasteiger charge is -2.28. The van der Waals surface area contributed by atoms with Gasteiger partial charge in [0.15, 0.2) is 0 Å². The van der Waals surface area contributed by atoms with Crippen LogP contribution in [0.15, 0.2) is 66.9 Å². The van der Waals surface area contributed by atoms with E-state index in [2.05, 4.69) is 67.5 Å². The molecule has 0 aliphatic carbocycles. The van der Waals surface area contributed by atoms with Crippen molar-refractivity contribution < 1.29 is 17.9 Å². The zero-order valence-corrected chi connectivity index (χ0v) is 25.4. The number of rotatable bonds is 8. The zero-order chi connectivity index (χ0) is 30.3. The molecule has 5 nitrogen and oxygen atoms in total. The fourth-order valence-corrected chi connectivity index (χ4v) is 6.06. The minimum absolute atomic E-state index is 0.190. The highest BCUT2D eigenvalue weighted by atomic mass is 32.1. The number of alkyl halides is 3. The van der Waals surface area contributed by atoms with Crippen LogP contribution in [-0.4, -0.2) is 32.8 Å². The minimum atomic E-state index is -4.44.